The molecule has 27 heavy (non-hydrogen) atoms. The van der Waals surface area contributed by atoms with E-state index in [1.807, 2.05) is 6.07 Å². The molecule has 1 saturated heterocycles. The zero-order valence-corrected chi connectivity index (χ0v) is 14.9. The number of hydrogen-bond acceptors (Lipinski definition) is 6. The number of nitrogens with one attached hydrogen (secondary N) is 2. The molecule has 3 aliphatic rings. The van der Waals surface area contributed by atoms with Crippen molar-refractivity contribution in [3.05, 3.63) is 34.9 Å². The Bertz CT molecular complexity index is 837. The first kappa shape index (κ1) is 17.8. The Morgan fingerprint density at radius 3 is 2.63 bits per heavy atom. The molecule has 1 aromatic carbocycles. The van der Waals surface area contributed by atoms with Crippen LogP contribution in [0.15, 0.2) is 18.2 Å². The average Bonchev–Trinajstić information content (AvgIpc) is 3.16. The molecule has 2 aliphatic heterocycles. The van der Waals surface area contributed by atoms with Gasteiger partial charge in [0.15, 0.2) is 0 Å². The Morgan fingerprint density at radius 2 is 1.93 bits per heavy atom. The van der Waals surface area contributed by atoms with E-state index in [2.05, 4.69) is 10.6 Å². The summed E-state index contributed by atoms with van der Waals surface area (Å²) in [5.74, 6) is -1.94. The third-order valence-corrected chi connectivity index (χ3v) is 5.68. The number of imide groups is 2. The fraction of sp³-hybridized carbons (Fsp3) is 0.474. The summed E-state index contributed by atoms with van der Waals surface area (Å²) in [5, 5.41) is 5.60. The predicted octanol–water partition coefficient (Wildman–Crippen LogP) is 0.0572. The number of piperidine rings is 1. The zero-order valence-electron chi connectivity index (χ0n) is 14.9. The van der Waals surface area contributed by atoms with Crippen molar-refractivity contribution in [2.75, 3.05) is 0 Å². The van der Waals surface area contributed by atoms with E-state index in [0.717, 1.165) is 29.7 Å². The molecule has 0 aromatic heterocycles. The number of hydrogen-bond donors (Lipinski definition) is 3. The van der Waals surface area contributed by atoms with E-state index in [0.29, 0.717) is 17.7 Å². The second-order valence-corrected chi connectivity index (χ2v) is 7.37. The molecule has 8 nitrogen and oxygen atoms in total. The quantitative estimate of drug-likeness (QED) is 0.644. The van der Waals surface area contributed by atoms with Crippen molar-refractivity contribution in [3.63, 3.8) is 0 Å². The van der Waals surface area contributed by atoms with Gasteiger partial charge in [0.05, 0.1) is 11.1 Å². The maximum Gasteiger partial charge on any atom is 0.262 e. The van der Waals surface area contributed by atoms with Gasteiger partial charge < -0.3 is 11.1 Å². The monoisotopic (exact) mass is 370 g/mol. The Labute approximate surface area is 156 Å². The summed E-state index contributed by atoms with van der Waals surface area (Å²) in [6, 6.07) is 4.50. The topological polar surface area (TPSA) is 122 Å². The maximum atomic E-state index is 13.0. The standard InChI is InChI=1S/C19H22N4O4/c20-12-5-2-6-13(12)21-9-10-3-1-4-11-16(10)19(27)23(18(11)26)14-7-8-15(24)22-17(14)25/h1,3-4,12-14,21H,2,5-9,20H2,(H,22,24,25)/t12-,13-,14?/m1/s1. The molecule has 2 fully saturated rings. The molecular formula is C19H22N4O4. The van der Waals surface area contributed by atoms with Crippen LogP contribution in [0.25, 0.3) is 0 Å². The summed E-state index contributed by atoms with van der Waals surface area (Å²) in [4.78, 5) is 50.3. The van der Waals surface area contributed by atoms with E-state index in [4.69, 9.17) is 5.73 Å². The van der Waals surface area contributed by atoms with E-state index in [-0.39, 0.29) is 30.8 Å². The smallest absolute Gasteiger partial charge is 0.262 e. The molecule has 0 radical (unpaired) electrons. The van der Waals surface area contributed by atoms with Crippen molar-refractivity contribution in [1.82, 2.24) is 15.5 Å². The molecule has 142 valence electrons. The van der Waals surface area contributed by atoms with Gasteiger partial charge in [0, 0.05) is 25.0 Å². The van der Waals surface area contributed by atoms with Crippen LogP contribution in [0.1, 0.15) is 58.4 Å². The van der Waals surface area contributed by atoms with Crippen LogP contribution in [0.5, 0.6) is 0 Å². The number of amides is 4. The van der Waals surface area contributed by atoms with Crippen LogP contribution in [0.4, 0.5) is 0 Å². The predicted molar refractivity (Wildman–Crippen MR) is 95.6 cm³/mol. The Morgan fingerprint density at radius 1 is 1.11 bits per heavy atom. The van der Waals surface area contributed by atoms with E-state index in [9.17, 15) is 19.2 Å². The molecular weight excluding hydrogens is 348 g/mol. The lowest BCUT2D eigenvalue weighted by Gasteiger charge is -2.27. The lowest BCUT2D eigenvalue weighted by Crippen LogP contribution is -2.54. The van der Waals surface area contributed by atoms with Crippen LogP contribution in [-0.2, 0) is 16.1 Å². The van der Waals surface area contributed by atoms with Gasteiger partial charge in [-0.15, -0.1) is 0 Å². The molecule has 1 saturated carbocycles. The second kappa shape index (κ2) is 6.86. The Hall–Kier alpha value is -2.58. The van der Waals surface area contributed by atoms with Crippen molar-refractivity contribution in [2.45, 2.75) is 56.8 Å². The molecule has 8 heteroatoms. The Balaban J connectivity index is 1.58. The molecule has 1 aliphatic carbocycles. The lowest BCUT2D eigenvalue weighted by atomic mass is 10.0. The van der Waals surface area contributed by atoms with Gasteiger partial charge in [-0.3, -0.25) is 29.4 Å². The van der Waals surface area contributed by atoms with Gasteiger partial charge in [0.2, 0.25) is 11.8 Å². The summed E-state index contributed by atoms with van der Waals surface area (Å²) in [6.07, 6.45) is 3.31. The van der Waals surface area contributed by atoms with Crippen molar-refractivity contribution < 1.29 is 19.2 Å². The molecule has 4 N–H and O–H groups in total. The number of nitrogens with two attached hydrogens (primary N) is 1. The second-order valence-electron chi connectivity index (χ2n) is 7.37. The van der Waals surface area contributed by atoms with Gasteiger partial charge >= 0.3 is 0 Å². The number of rotatable bonds is 4. The maximum absolute atomic E-state index is 13.0. The van der Waals surface area contributed by atoms with Gasteiger partial charge in [-0.25, -0.2) is 0 Å². The number of benzene rings is 1. The lowest BCUT2D eigenvalue weighted by molar-refractivity contribution is -0.136. The number of fused-ring (bicyclic) bond motifs is 1. The summed E-state index contributed by atoms with van der Waals surface area (Å²) >= 11 is 0. The van der Waals surface area contributed by atoms with E-state index >= 15 is 0 Å². The van der Waals surface area contributed by atoms with Gasteiger partial charge in [0.1, 0.15) is 6.04 Å². The fourth-order valence-electron chi connectivity index (χ4n) is 4.22. The zero-order chi connectivity index (χ0) is 19.1. The van der Waals surface area contributed by atoms with E-state index < -0.39 is 23.8 Å². The van der Waals surface area contributed by atoms with Crippen LogP contribution in [-0.4, -0.2) is 46.7 Å². The first-order valence-electron chi connectivity index (χ1n) is 9.30. The van der Waals surface area contributed by atoms with Crippen LogP contribution < -0.4 is 16.4 Å². The summed E-state index contributed by atoms with van der Waals surface area (Å²) in [5.41, 5.74) is 7.45. The first-order chi connectivity index (χ1) is 13.0. The Kier molecular flexibility index (Phi) is 4.53. The third kappa shape index (κ3) is 3.04. The van der Waals surface area contributed by atoms with Crippen molar-refractivity contribution in [2.24, 2.45) is 5.73 Å². The number of carbonyl (C=O) groups excluding carboxylic acids is 4. The molecule has 1 unspecified atom stereocenters. The largest absolute Gasteiger partial charge is 0.326 e. The van der Waals surface area contributed by atoms with Gasteiger partial charge in [-0.2, -0.15) is 0 Å². The van der Waals surface area contributed by atoms with Gasteiger partial charge in [-0.05, 0) is 30.9 Å². The average molecular weight is 370 g/mol. The highest BCUT2D eigenvalue weighted by molar-refractivity contribution is 6.24. The minimum atomic E-state index is -0.945. The summed E-state index contributed by atoms with van der Waals surface area (Å²) in [7, 11) is 0. The normalized spacial score (nSPS) is 27.9. The highest BCUT2D eigenvalue weighted by Crippen LogP contribution is 2.30. The van der Waals surface area contributed by atoms with Crippen LogP contribution >= 0.6 is 0 Å². The first-order valence-corrected chi connectivity index (χ1v) is 9.30. The summed E-state index contributed by atoms with van der Waals surface area (Å²) < 4.78 is 0. The van der Waals surface area contributed by atoms with Crippen molar-refractivity contribution in [1.29, 1.82) is 0 Å². The molecule has 3 atom stereocenters. The summed E-state index contributed by atoms with van der Waals surface area (Å²) in [6.45, 7) is 0.434. The van der Waals surface area contributed by atoms with Crippen LogP contribution in [0.3, 0.4) is 0 Å². The van der Waals surface area contributed by atoms with Crippen molar-refractivity contribution in [3.8, 4) is 0 Å². The van der Waals surface area contributed by atoms with Crippen LogP contribution in [0, 0.1) is 0 Å². The van der Waals surface area contributed by atoms with Gasteiger partial charge in [0.25, 0.3) is 11.8 Å². The highest BCUT2D eigenvalue weighted by atomic mass is 16.2. The molecule has 4 amide bonds. The van der Waals surface area contributed by atoms with E-state index in [1.165, 1.54) is 0 Å². The minimum absolute atomic E-state index is 0.0964. The molecule has 0 spiro atoms. The molecule has 1 aromatic rings. The minimum Gasteiger partial charge on any atom is -0.326 e. The molecule has 2 heterocycles. The molecule has 4 rings (SSSR count). The number of carbonyl (C=O) groups is 4. The van der Waals surface area contributed by atoms with Crippen LogP contribution in [0.2, 0.25) is 0 Å². The fourth-order valence-corrected chi connectivity index (χ4v) is 4.22. The number of nitrogens with zero attached hydrogens (tertiary/aromatic N) is 1. The molecule has 0 bridgehead atoms. The highest BCUT2D eigenvalue weighted by Gasteiger charge is 2.45. The third-order valence-electron chi connectivity index (χ3n) is 5.68. The van der Waals surface area contributed by atoms with Gasteiger partial charge in [-0.1, -0.05) is 18.6 Å². The SMILES string of the molecule is N[C@@H]1CCC[C@H]1NCc1cccc2c1C(=O)N(C1CCC(=O)NC1=O)C2=O. The van der Waals surface area contributed by atoms with Crippen molar-refractivity contribution >= 4 is 23.6 Å². The van der Waals surface area contributed by atoms with E-state index in [1.54, 1.807) is 12.1 Å².